The molecule has 0 radical (unpaired) electrons. The second kappa shape index (κ2) is 25.0. The van der Waals surface area contributed by atoms with Crippen LogP contribution in [-0.2, 0) is 4.74 Å². The highest BCUT2D eigenvalue weighted by atomic mass is 35.5. The molecular formula is C28H50Cl2F2O. The molecule has 0 aromatic rings. The van der Waals surface area contributed by atoms with Crippen LogP contribution in [0.3, 0.4) is 0 Å². The van der Waals surface area contributed by atoms with E-state index in [4.69, 9.17) is 27.9 Å². The van der Waals surface area contributed by atoms with Crippen molar-refractivity contribution in [1.82, 2.24) is 0 Å². The third-order valence-electron chi connectivity index (χ3n) is 6.16. The fraction of sp³-hybridized carbons (Fsp3) is 0.857. The van der Waals surface area contributed by atoms with Gasteiger partial charge in [0.15, 0.2) is 10.6 Å². The van der Waals surface area contributed by atoms with Gasteiger partial charge in [-0.2, -0.15) is 8.78 Å². The molecule has 196 valence electrons. The minimum atomic E-state index is -0.770. The van der Waals surface area contributed by atoms with Crippen LogP contribution < -0.4 is 0 Å². The number of rotatable bonds is 24. The Balaban J connectivity index is 4.25. The Morgan fingerprint density at radius 2 is 0.818 bits per heavy atom. The van der Waals surface area contributed by atoms with Gasteiger partial charge in [0.2, 0.25) is 0 Å². The summed E-state index contributed by atoms with van der Waals surface area (Å²) < 4.78 is 32.8. The predicted octanol–water partition coefficient (Wildman–Crippen LogP) is 11.7. The second-order valence-electron chi connectivity index (χ2n) is 9.36. The molecule has 0 bridgehead atoms. The van der Waals surface area contributed by atoms with Gasteiger partial charge < -0.3 is 4.74 Å². The molecule has 0 heterocycles. The highest BCUT2D eigenvalue weighted by Crippen LogP contribution is 2.21. The van der Waals surface area contributed by atoms with E-state index in [1.807, 2.05) is 0 Å². The molecule has 0 spiro atoms. The van der Waals surface area contributed by atoms with Gasteiger partial charge in [0.1, 0.15) is 0 Å². The smallest absolute Gasteiger partial charge is 0.187 e. The van der Waals surface area contributed by atoms with Crippen molar-refractivity contribution in [2.24, 2.45) is 0 Å². The first kappa shape index (κ1) is 32.9. The Kier molecular flexibility index (Phi) is 24.9. The lowest BCUT2D eigenvalue weighted by Crippen LogP contribution is -2.20. The van der Waals surface area contributed by atoms with Gasteiger partial charge in [-0.3, -0.25) is 0 Å². The Bertz CT molecular complexity index is 433. The molecule has 0 fully saturated rings. The van der Waals surface area contributed by atoms with E-state index < -0.39 is 22.8 Å². The van der Waals surface area contributed by atoms with Gasteiger partial charge in [-0.1, -0.05) is 153 Å². The summed E-state index contributed by atoms with van der Waals surface area (Å²) in [4.78, 5) is 0. The van der Waals surface area contributed by atoms with Crippen LogP contribution in [0.25, 0.3) is 0 Å². The molecule has 5 heteroatoms. The van der Waals surface area contributed by atoms with Crippen molar-refractivity contribution >= 4 is 23.2 Å². The summed E-state index contributed by atoms with van der Waals surface area (Å²) in [5, 5.41) is -1.54. The van der Waals surface area contributed by atoms with Crippen molar-refractivity contribution in [2.75, 3.05) is 0 Å². The molecular weight excluding hydrogens is 461 g/mol. The average Bonchev–Trinajstić information content (AvgIpc) is 2.75. The maximum atomic E-state index is 13.4. The Hall–Kier alpha value is -0.120. The van der Waals surface area contributed by atoms with E-state index in [0.29, 0.717) is 12.8 Å². The van der Waals surface area contributed by atoms with Gasteiger partial charge in [0.05, 0.1) is 12.2 Å². The zero-order chi connectivity index (χ0) is 24.6. The minimum Gasteiger partial charge on any atom is -0.367 e. The van der Waals surface area contributed by atoms with Gasteiger partial charge in [-0.05, 0) is 25.0 Å². The van der Waals surface area contributed by atoms with Crippen LogP contribution in [0.5, 0.6) is 0 Å². The summed E-state index contributed by atoms with van der Waals surface area (Å²) >= 11 is 11.0. The summed E-state index contributed by atoms with van der Waals surface area (Å²) in [6.45, 7) is 4.46. The lowest BCUT2D eigenvalue weighted by molar-refractivity contribution is 0.0281. The maximum Gasteiger partial charge on any atom is 0.187 e. The summed E-state index contributed by atoms with van der Waals surface area (Å²) in [5.74, 6) is 0. The van der Waals surface area contributed by atoms with Crippen molar-refractivity contribution in [3.05, 3.63) is 22.7 Å². The molecule has 0 aromatic heterocycles. The predicted molar refractivity (Wildman–Crippen MR) is 142 cm³/mol. The number of hydrogen-bond acceptors (Lipinski definition) is 1. The number of halogens is 4. The van der Waals surface area contributed by atoms with Gasteiger partial charge in [0, 0.05) is 0 Å². The first-order valence-electron chi connectivity index (χ1n) is 13.7. The largest absolute Gasteiger partial charge is 0.367 e. The summed E-state index contributed by atoms with van der Waals surface area (Å²) in [5.41, 5.74) is 0. The van der Waals surface area contributed by atoms with Crippen molar-refractivity contribution in [2.45, 2.75) is 154 Å². The molecule has 2 unspecified atom stereocenters. The van der Waals surface area contributed by atoms with Crippen LogP contribution in [0.4, 0.5) is 8.78 Å². The molecule has 0 amide bonds. The summed E-state index contributed by atoms with van der Waals surface area (Å²) in [6.07, 6.45) is 25.1. The molecule has 0 aliphatic carbocycles. The Morgan fingerprint density at radius 3 is 1.09 bits per heavy atom. The molecule has 0 N–H and O–H groups in total. The molecule has 0 rings (SSSR count). The topological polar surface area (TPSA) is 9.23 Å². The first-order chi connectivity index (χ1) is 16.0. The van der Waals surface area contributed by atoms with Crippen LogP contribution in [0.15, 0.2) is 22.7 Å². The van der Waals surface area contributed by atoms with Gasteiger partial charge >= 0.3 is 0 Å². The van der Waals surface area contributed by atoms with Crippen molar-refractivity contribution < 1.29 is 13.5 Å². The third kappa shape index (κ3) is 24.8. The van der Waals surface area contributed by atoms with Crippen molar-refractivity contribution in [3.8, 4) is 0 Å². The quantitative estimate of drug-likeness (QED) is 0.117. The van der Waals surface area contributed by atoms with E-state index in [1.165, 1.54) is 102 Å². The molecule has 2 atom stereocenters. The van der Waals surface area contributed by atoms with Crippen LogP contribution >= 0.6 is 23.2 Å². The van der Waals surface area contributed by atoms with Gasteiger partial charge in [-0.25, -0.2) is 0 Å². The van der Waals surface area contributed by atoms with Gasteiger partial charge in [-0.15, -0.1) is 0 Å². The van der Waals surface area contributed by atoms with Gasteiger partial charge in [0.25, 0.3) is 0 Å². The van der Waals surface area contributed by atoms with E-state index in [-0.39, 0.29) is 0 Å². The fourth-order valence-corrected chi connectivity index (χ4v) is 4.48. The number of hydrogen-bond donors (Lipinski definition) is 0. The fourth-order valence-electron chi connectivity index (χ4n) is 4.20. The van der Waals surface area contributed by atoms with Crippen LogP contribution in [-0.4, -0.2) is 12.2 Å². The summed E-state index contributed by atoms with van der Waals surface area (Å²) in [6, 6.07) is 0. The summed E-state index contributed by atoms with van der Waals surface area (Å²) in [7, 11) is 0. The van der Waals surface area contributed by atoms with Crippen LogP contribution in [0.2, 0.25) is 0 Å². The molecule has 33 heavy (non-hydrogen) atoms. The van der Waals surface area contributed by atoms with Crippen molar-refractivity contribution in [1.29, 1.82) is 0 Å². The highest BCUT2D eigenvalue weighted by Gasteiger charge is 2.15. The average molecular weight is 512 g/mol. The molecule has 0 aromatic carbocycles. The van der Waals surface area contributed by atoms with E-state index in [1.54, 1.807) is 0 Å². The van der Waals surface area contributed by atoms with Crippen molar-refractivity contribution in [3.63, 3.8) is 0 Å². The van der Waals surface area contributed by atoms with Crippen LogP contribution in [0.1, 0.15) is 142 Å². The highest BCUT2D eigenvalue weighted by molar-refractivity contribution is 6.28. The number of ether oxygens (including phenoxy) is 1. The SMILES string of the molecule is CCCCCCCCCCCC(C=C(F)Cl)OC(C=C(F)Cl)CCCCCCCCCCC. The standard InChI is InChI=1S/C28H50Cl2F2O/c1-3-5-7-9-11-13-15-17-19-21-25(23-27(29)31)33-26(24-28(30)32)22-20-18-16-14-12-10-8-6-4-2/h23-26H,3-22H2,1-2H3. The maximum absolute atomic E-state index is 13.4. The third-order valence-corrected chi connectivity index (χ3v) is 6.41. The first-order valence-corrected chi connectivity index (χ1v) is 14.5. The minimum absolute atomic E-state index is 0.456. The molecule has 1 nitrogen and oxygen atoms in total. The molecule has 0 saturated carbocycles. The van der Waals surface area contributed by atoms with Crippen LogP contribution in [0, 0.1) is 0 Å². The zero-order valence-electron chi connectivity index (χ0n) is 21.4. The lowest BCUT2D eigenvalue weighted by Gasteiger charge is -2.21. The van der Waals surface area contributed by atoms with E-state index >= 15 is 0 Å². The Labute approximate surface area is 213 Å². The van der Waals surface area contributed by atoms with E-state index in [2.05, 4.69) is 13.8 Å². The lowest BCUT2D eigenvalue weighted by atomic mass is 10.0. The van der Waals surface area contributed by atoms with E-state index in [9.17, 15) is 8.78 Å². The molecule has 0 aliphatic heterocycles. The monoisotopic (exact) mass is 510 g/mol. The molecule has 0 aliphatic rings. The normalized spacial score (nSPS) is 14.6. The Morgan fingerprint density at radius 1 is 0.545 bits per heavy atom. The molecule has 0 saturated heterocycles. The number of unbranched alkanes of at least 4 members (excludes halogenated alkanes) is 16. The second-order valence-corrected chi connectivity index (χ2v) is 10.1. The zero-order valence-corrected chi connectivity index (χ0v) is 22.9. The van der Waals surface area contributed by atoms with E-state index in [0.717, 1.165) is 25.7 Å².